The molecule has 0 spiro atoms. The van der Waals surface area contributed by atoms with Gasteiger partial charge in [0.25, 0.3) is 5.91 Å². The summed E-state index contributed by atoms with van der Waals surface area (Å²) >= 11 is 3.31. The number of carbonyl (C=O) groups is 3. The molecular weight excluding hydrogens is 376 g/mol. The van der Waals surface area contributed by atoms with Gasteiger partial charge in [0.05, 0.1) is 5.41 Å². The Hall–Kier alpha value is -1.89. The number of piperidine rings is 1. The number of benzene rings is 1. The third-order valence-electron chi connectivity index (χ3n) is 4.30. The summed E-state index contributed by atoms with van der Waals surface area (Å²) in [5.41, 5.74) is -0.351. The molecule has 1 atom stereocenters. The Morgan fingerprint density at radius 2 is 1.96 bits per heavy atom. The van der Waals surface area contributed by atoms with Gasteiger partial charge in [-0.15, -0.1) is 0 Å². The average molecular weight is 397 g/mol. The number of amides is 2. The number of hydrogen-bond acceptors (Lipinski definition) is 3. The molecule has 0 radical (unpaired) electrons. The van der Waals surface area contributed by atoms with E-state index >= 15 is 0 Å². The van der Waals surface area contributed by atoms with Crippen LogP contribution in [-0.2, 0) is 9.59 Å². The molecule has 1 aliphatic rings. The van der Waals surface area contributed by atoms with Crippen molar-refractivity contribution in [2.24, 2.45) is 5.41 Å². The van der Waals surface area contributed by atoms with Gasteiger partial charge in [0.2, 0.25) is 5.91 Å². The Morgan fingerprint density at radius 1 is 1.29 bits per heavy atom. The number of hydrogen-bond donors (Lipinski definition) is 2. The number of nitrogens with one attached hydrogen (secondary N) is 1. The Morgan fingerprint density at radius 3 is 2.58 bits per heavy atom. The van der Waals surface area contributed by atoms with Crippen LogP contribution in [0.2, 0.25) is 0 Å². The van der Waals surface area contributed by atoms with Gasteiger partial charge in [0, 0.05) is 36.1 Å². The molecule has 1 unspecified atom stereocenters. The smallest absolute Gasteiger partial charge is 0.311 e. The van der Waals surface area contributed by atoms with Crippen molar-refractivity contribution in [3.8, 4) is 0 Å². The van der Waals surface area contributed by atoms with Crippen LogP contribution in [0.25, 0.3) is 0 Å². The minimum atomic E-state index is -0.880. The van der Waals surface area contributed by atoms with Gasteiger partial charge in [0.1, 0.15) is 0 Å². The van der Waals surface area contributed by atoms with Crippen LogP contribution in [0, 0.1) is 5.41 Å². The van der Waals surface area contributed by atoms with E-state index in [1.54, 1.807) is 36.1 Å². The molecule has 24 heavy (non-hydrogen) atoms. The van der Waals surface area contributed by atoms with Crippen LogP contribution in [-0.4, -0.2) is 47.4 Å². The molecule has 1 fully saturated rings. The zero-order valence-electron chi connectivity index (χ0n) is 13.5. The average Bonchev–Trinajstić information content (AvgIpc) is 2.55. The fourth-order valence-corrected chi connectivity index (χ4v) is 3.04. The molecule has 1 aromatic carbocycles. The Kier molecular flexibility index (Phi) is 5.99. The molecule has 1 aromatic rings. The van der Waals surface area contributed by atoms with Crippen LogP contribution in [0.3, 0.4) is 0 Å². The molecule has 130 valence electrons. The predicted molar refractivity (Wildman–Crippen MR) is 92.6 cm³/mol. The topological polar surface area (TPSA) is 86.7 Å². The lowest BCUT2D eigenvalue weighted by molar-refractivity contribution is -0.153. The number of carbonyl (C=O) groups excluding carboxylic acids is 2. The van der Waals surface area contributed by atoms with Gasteiger partial charge in [-0.3, -0.25) is 14.4 Å². The lowest BCUT2D eigenvalue weighted by atomic mass is 9.82. The highest BCUT2D eigenvalue weighted by atomic mass is 79.9. The van der Waals surface area contributed by atoms with Crippen molar-refractivity contribution in [1.29, 1.82) is 0 Å². The SMILES string of the molecule is CC1(C(=O)O)CCCN(C(=O)CCNC(=O)c2ccc(Br)cc2)C1. The van der Waals surface area contributed by atoms with E-state index in [1.165, 1.54) is 0 Å². The molecule has 1 heterocycles. The van der Waals surface area contributed by atoms with E-state index in [9.17, 15) is 19.5 Å². The molecule has 2 N–H and O–H groups in total. The molecule has 0 aliphatic carbocycles. The Labute approximate surface area is 149 Å². The second-order valence-electron chi connectivity index (χ2n) is 6.30. The van der Waals surface area contributed by atoms with E-state index in [4.69, 9.17) is 0 Å². The van der Waals surface area contributed by atoms with Crippen molar-refractivity contribution >= 4 is 33.7 Å². The van der Waals surface area contributed by atoms with Crippen molar-refractivity contribution in [1.82, 2.24) is 10.2 Å². The lowest BCUT2D eigenvalue weighted by Gasteiger charge is -2.37. The van der Waals surface area contributed by atoms with Gasteiger partial charge in [-0.2, -0.15) is 0 Å². The van der Waals surface area contributed by atoms with E-state index in [-0.39, 0.29) is 31.3 Å². The number of aliphatic carboxylic acids is 1. The number of rotatable bonds is 5. The summed E-state index contributed by atoms with van der Waals surface area (Å²) in [6, 6.07) is 6.95. The third-order valence-corrected chi connectivity index (χ3v) is 4.82. The molecule has 1 aliphatic heterocycles. The molecule has 6 nitrogen and oxygen atoms in total. The van der Waals surface area contributed by atoms with E-state index in [0.717, 1.165) is 4.47 Å². The highest BCUT2D eigenvalue weighted by Crippen LogP contribution is 2.29. The fraction of sp³-hybridized carbons (Fsp3) is 0.471. The predicted octanol–water partition coefficient (Wildman–Crippen LogP) is 2.28. The second-order valence-corrected chi connectivity index (χ2v) is 7.21. The third kappa shape index (κ3) is 4.56. The van der Waals surface area contributed by atoms with Crippen molar-refractivity contribution < 1.29 is 19.5 Å². The van der Waals surface area contributed by atoms with Gasteiger partial charge in [0.15, 0.2) is 0 Å². The van der Waals surface area contributed by atoms with Crippen LogP contribution < -0.4 is 5.32 Å². The maximum Gasteiger partial charge on any atom is 0.311 e. The van der Waals surface area contributed by atoms with E-state index < -0.39 is 11.4 Å². The van der Waals surface area contributed by atoms with Gasteiger partial charge in [-0.1, -0.05) is 15.9 Å². The minimum Gasteiger partial charge on any atom is -0.481 e. The summed E-state index contributed by atoms with van der Waals surface area (Å²) in [4.78, 5) is 37.1. The fourth-order valence-electron chi connectivity index (χ4n) is 2.77. The lowest BCUT2D eigenvalue weighted by Crippen LogP contribution is -2.48. The number of halogens is 1. The number of likely N-dealkylation sites (tertiary alicyclic amines) is 1. The number of carboxylic acids is 1. The molecule has 0 aromatic heterocycles. The summed E-state index contributed by atoms with van der Waals surface area (Å²) < 4.78 is 0.890. The van der Waals surface area contributed by atoms with Crippen LogP contribution in [0.15, 0.2) is 28.7 Å². The molecule has 2 rings (SSSR count). The Balaban J connectivity index is 1.81. The molecular formula is C17H21BrN2O4. The minimum absolute atomic E-state index is 0.127. The first-order valence-electron chi connectivity index (χ1n) is 7.87. The molecule has 1 saturated heterocycles. The summed E-state index contributed by atoms with van der Waals surface area (Å²) in [6.07, 6.45) is 1.42. The quantitative estimate of drug-likeness (QED) is 0.798. The zero-order chi connectivity index (χ0) is 17.7. The summed E-state index contributed by atoms with van der Waals surface area (Å²) in [5.74, 6) is -1.23. The molecule has 7 heteroatoms. The normalized spacial score (nSPS) is 20.5. The number of nitrogens with zero attached hydrogens (tertiary/aromatic N) is 1. The highest BCUT2D eigenvalue weighted by molar-refractivity contribution is 9.10. The zero-order valence-corrected chi connectivity index (χ0v) is 15.1. The van der Waals surface area contributed by atoms with Crippen molar-refractivity contribution in [3.05, 3.63) is 34.3 Å². The van der Waals surface area contributed by atoms with Crippen molar-refractivity contribution in [2.75, 3.05) is 19.6 Å². The van der Waals surface area contributed by atoms with Crippen LogP contribution >= 0.6 is 15.9 Å². The summed E-state index contributed by atoms with van der Waals surface area (Å²) in [6.45, 7) is 2.70. The standard InChI is InChI=1S/C17H21BrN2O4/c1-17(16(23)24)8-2-10-20(11-17)14(21)7-9-19-15(22)12-3-5-13(18)6-4-12/h3-6H,2,7-11H2,1H3,(H,19,22)(H,23,24). The van der Waals surface area contributed by atoms with Gasteiger partial charge >= 0.3 is 5.97 Å². The first kappa shape index (κ1) is 18.4. The first-order valence-corrected chi connectivity index (χ1v) is 8.66. The second kappa shape index (κ2) is 7.79. The van der Waals surface area contributed by atoms with Gasteiger partial charge in [-0.05, 0) is 44.0 Å². The first-order chi connectivity index (χ1) is 11.3. The van der Waals surface area contributed by atoms with Crippen molar-refractivity contribution in [3.63, 3.8) is 0 Å². The number of carboxylic acid groups (broad SMARTS) is 1. The highest BCUT2D eigenvalue weighted by Gasteiger charge is 2.39. The van der Waals surface area contributed by atoms with E-state index in [0.29, 0.717) is 24.9 Å². The molecule has 2 amide bonds. The monoisotopic (exact) mass is 396 g/mol. The van der Waals surface area contributed by atoms with Crippen LogP contribution in [0.1, 0.15) is 36.5 Å². The van der Waals surface area contributed by atoms with E-state index in [2.05, 4.69) is 21.2 Å². The maximum atomic E-state index is 12.2. The largest absolute Gasteiger partial charge is 0.481 e. The van der Waals surface area contributed by atoms with E-state index in [1.807, 2.05) is 0 Å². The maximum absolute atomic E-state index is 12.2. The van der Waals surface area contributed by atoms with Gasteiger partial charge in [-0.25, -0.2) is 0 Å². The Bertz CT molecular complexity index is 632. The van der Waals surface area contributed by atoms with Gasteiger partial charge < -0.3 is 15.3 Å². The van der Waals surface area contributed by atoms with Crippen LogP contribution in [0.5, 0.6) is 0 Å². The van der Waals surface area contributed by atoms with Crippen molar-refractivity contribution in [2.45, 2.75) is 26.2 Å². The molecule has 0 bridgehead atoms. The summed E-state index contributed by atoms with van der Waals surface area (Å²) in [5, 5.41) is 12.0. The summed E-state index contributed by atoms with van der Waals surface area (Å²) in [7, 11) is 0. The van der Waals surface area contributed by atoms with Crippen LogP contribution in [0.4, 0.5) is 0 Å². The molecule has 0 saturated carbocycles.